The minimum absolute atomic E-state index is 0.0794. The van der Waals surface area contributed by atoms with E-state index < -0.39 is 6.10 Å². The van der Waals surface area contributed by atoms with Crippen molar-refractivity contribution >= 4 is 22.9 Å². The topological polar surface area (TPSA) is 62.5 Å². The van der Waals surface area contributed by atoms with Gasteiger partial charge >= 0.3 is 0 Å². The molecular formula is C15H14ClNO3S. The summed E-state index contributed by atoms with van der Waals surface area (Å²) in [6, 6.07) is 10.7. The van der Waals surface area contributed by atoms with Gasteiger partial charge in [-0.05, 0) is 29.6 Å². The van der Waals surface area contributed by atoms with E-state index in [9.17, 15) is 5.11 Å². The molecule has 0 amide bonds. The number of hydrogen-bond acceptors (Lipinski definition) is 5. The van der Waals surface area contributed by atoms with Gasteiger partial charge < -0.3 is 14.6 Å². The van der Waals surface area contributed by atoms with Gasteiger partial charge in [-0.15, -0.1) is 11.3 Å². The minimum Gasteiger partial charge on any atom is -0.489 e. The van der Waals surface area contributed by atoms with Crippen molar-refractivity contribution in [2.24, 2.45) is 0 Å². The van der Waals surface area contributed by atoms with E-state index >= 15 is 0 Å². The van der Waals surface area contributed by atoms with Gasteiger partial charge in [0.25, 0.3) is 0 Å². The maximum Gasteiger partial charge on any atom is 0.138 e. The second kappa shape index (κ2) is 8.01. The molecule has 4 nitrogen and oxygen atoms in total. The van der Waals surface area contributed by atoms with Gasteiger partial charge in [0.05, 0.1) is 29.9 Å². The van der Waals surface area contributed by atoms with Gasteiger partial charge in [0.1, 0.15) is 18.5 Å². The molecule has 1 aromatic carbocycles. The van der Waals surface area contributed by atoms with E-state index in [0.717, 1.165) is 4.88 Å². The highest BCUT2D eigenvalue weighted by Gasteiger charge is 2.08. The van der Waals surface area contributed by atoms with Crippen LogP contribution in [0.25, 0.3) is 0 Å². The SMILES string of the molecule is N#Cc1ccc(OC[C@@H](O)COCc2cccs2)c(Cl)c1. The van der Waals surface area contributed by atoms with Gasteiger partial charge in [0.15, 0.2) is 0 Å². The van der Waals surface area contributed by atoms with Crippen LogP contribution < -0.4 is 4.74 Å². The van der Waals surface area contributed by atoms with Gasteiger partial charge in [0, 0.05) is 4.88 Å². The quantitative estimate of drug-likeness (QED) is 0.849. The third-order valence-corrected chi connectivity index (χ3v) is 3.77. The third kappa shape index (κ3) is 5.03. The van der Waals surface area contributed by atoms with Crippen LogP contribution in [-0.2, 0) is 11.3 Å². The van der Waals surface area contributed by atoms with Crippen molar-refractivity contribution in [3.05, 3.63) is 51.2 Å². The zero-order valence-electron chi connectivity index (χ0n) is 11.2. The lowest BCUT2D eigenvalue weighted by molar-refractivity contribution is 0.00627. The van der Waals surface area contributed by atoms with Crippen LogP contribution in [0.2, 0.25) is 5.02 Å². The number of hydrogen-bond donors (Lipinski definition) is 1. The highest BCUT2D eigenvalue weighted by Crippen LogP contribution is 2.25. The van der Waals surface area contributed by atoms with Crippen molar-refractivity contribution < 1.29 is 14.6 Å². The molecule has 21 heavy (non-hydrogen) atoms. The lowest BCUT2D eigenvalue weighted by Gasteiger charge is -2.13. The van der Waals surface area contributed by atoms with E-state index in [-0.39, 0.29) is 13.2 Å². The molecule has 0 aliphatic heterocycles. The molecule has 2 aromatic rings. The second-order valence-electron chi connectivity index (χ2n) is 4.32. The smallest absolute Gasteiger partial charge is 0.138 e. The maximum atomic E-state index is 9.79. The Morgan fingerprint density at radius 2 is 2.19 bits per heavy atom. The lowest BCUT2D eigenvalue weighted by atomic mass is 10.2. The molecule has 0 saturated carbocycles. The highest BCUT2D eigenvalue weighted by molar-refractivity contribution is 7.09. The number of aliphatic hydroxyl groups is 1. The number of nitrogens with zero attached hydrogens (tertiary/aromatic N) is 1. The van der Waals surface area contributed by atoms with E-state index in [1.54, 1.807) is 23.5 Å². The number of aliphatic hydroxyl groups excluding tert-OH is 1. The zero-order chi connectivity index (χ0) is 15.1. The van der Waals surface area contributed by atoms with Crippen LogP contribution in [0, 0.1) is 11.3 Å². The van der Waals surface area contributed by atoms with E-state index in [1.165, 1.54) is 6.07 Å². The first-order valence-electron chi connectivity index (χ1n) is 6.29. The van der Waals surface area contributed by atoms with Crippen LogP contribution in [0.5, 0.6) is 5.75 Å². The molecule has 0 saturated heterocycles. The normalized spacial score (nSPS) is 11.9. The summed E-state index contributed by atoms with van der Waals surface area (Å²) in [5.41, 5.74) is 0.465. The molecule has 0 spiro atoms. The monoisotopic (exact) mass is 323 g/mol. The molecule has 110 valence electrons. The summed E-state index contributed by atoms with van der Waals surface area (Å²) in [7, 11) is 0. The summed E-state index contributed by atoms with van der Waals surface area (Å²) in [5, 5.41) is 20.9. The van der Waals surface area contributed by atoms with E-state index in [2.05, 4.69) is 0 Å². The van der Waals surface area contributed by atoms with Crippen molar-refractivity contribution in [2.75, 3.05) is 13.2 Å². The first kappa shape index (κ1) is 15.8. The van der Waals surface area contributed by atoms with Gasteiger partial charge in [-0.1, -0.05) is 17.7 Å². The summed E-state index contributed by atoms with van der Waals surface area (Å²) in [6.45, 7) is 0.744. The van der Waals surface area contributed by atoms with Crippen molar-refractivity contribution in [2.45, 2.75) is 12.7 Å². The van der Waals surface area contributed by atoms with E-state index in [1.807, 2.05) is 23.6 Å². The van der Waals surface area contributed by atoms with Gasteiger partial charge in [-0.2, -0.15) is 5.26 Å². The molecule has 1 heterocycles. The molecule has 0 aliphatic rings. The van der Waals surface area contributed by atoms with Crippen molar-refractivity contribution in [3.63, 3.8) is 0 Å². The zero-order valence-corrected chi connectivity index (χ0v) is 12.7. The number of thiophene rings is 1. The predicted molar refractivity (Wildman–Crippen MR) is 81.6 cm³/mol. The molecule has 0 fully saturated rings. The molecule has 0 aliphatic carbocycles. The van der Waals surface area contributed by atoms with Crippen LogP contribution in [0.4, 0.5) is 0 Å². The lowest BCUT2D eigenvalue weighted by Crippen LogP contribution is -2.23. The van der Waals surface area contributed by atoms with Crippen LogP contribution >= 0.6 is 22.9 Å². The maximum absolute atomic E-state index is 9.79. The summed E-state index contributed by atoms with van der Waals surface area (Å²) < 4.78 is 10.8. The molecule has 0 radical (unpaired) electrons. The van der Waals surface area contributed by atoms with Crippen molar-refractivity contribution in [1.82, 2.24) is 0 Å². The van der Waals surface area contributed by atoms with Crippen molar-refractivity contribution in [1.29, 1.82) is 5.26 Å². The largest absolute Gasteiger partial charge is 0.489 e. The molecule has 6 heteroatoms. The second-order valence-corrected chi connectivity index (χ2v) is 5.76. The molecule has 1 atom stereocenters. The van der Waals surface area contributed by atoms with Crippen LogP contribution in [0.1, 0.15) is 10.4 Å². The fourth-order valence-corrected chi connectivity index (χ4v) is 2.49. The van der Waals surface area contributed by atoms with E-state index in [4.69, 9.17) is 26.3 Å². The summed E-state index contributed by atoms with van der Waals surface area (Å²) in [4.78, 5) is 1.11. The van der Waals surface area contributed by atoms with Crippen LogP contribution in [-0.4, -0.2) is 24.4 Å². The minimum atomic E-state index is -0.739. The number of benzene rings is 1. The van der Waals surface area contributed by atoms with Crippen LogP contribution in [0.15, 0.2) is 35.7 Å². The van der Waals surface area contributed by atoms with E-state index in [0.29, 0.717) is 22.9 Å². The molecule has 1 N–H and O–H groups in total. The standard InChI is InChI=1S/C15H14ClNO3S/c16-14-6-11(7-17)3-4-15(14)20-9-12(18)8-19-10-13-2-1-5-21-13/h1-6,12,18H,8-10H2/t12-/m0/s1. The molecule has 2 rings (SSSR count). The van der Waals surface area contributed by atoms with Gasteiger partial charge in [0.2, 0.25) is 0 Å². The first-order valence-corrected chi connectivity index (χ1v) is 7.55. The highest BCUT2D eigenvalue weighted by atomic mass is 35.5. The summed E-state index contributed by atoms with van der Waals surface area (Å²) >= 11 is 7.58. The van der Waals surface area contributed by atoms with Crippen molar-refractivity contribution in [3.8, 4) is 11.8 Å². The fraction of sp³-hybridized carbons (Fsp3) is 0.267. The average molecular weight is 324 g/mol. The average Bonchev–Trinajstić information content (AvgIpc) is 2.99. The third-order valence-electron chi connectivity index (χ3n) is 2.63. The molecule has 0 unspecified atom stereocenters. The molecule has 0 bridgehead atoms. The Morgan fingerprint density at radius 1 is 1.33 bits per heavy atom. The molecule has 1 aromatic heterocycles. The van der Waals surface area contributed by atoms with Gasteiger partial charge in [-0.3, -0.25) is 0 Å². The Balaban J connectivity index is 1.73. The Labute approximate surface area is 132 Å². The van der Waals surface area contributed by atoms with Crippen LogP contribution in [0.3, 0.4) is 0 Å². The number of nitriles is 1. The Hall–Kier alpha value is -1.58. The Bertz CT molecular complexity index is 610. The van der Waals surface area contributed by atoms with Gasteiger partial charge in [-0.25, -0.2) is 0 Å². The number of halogens is 1. The Morgan fingerprint density at radius 3 is 2.86 bits per heavy atom. The fourth-order valence-electron chi connectivity index (χ4n) is 1.61. The summed E-state index contributed by atoms with van der Waals surface area (Å²) in [6.07, 6.45) is -0.739. The number of ether oxygens (including phenoxy) is 2. The Kier molecular flexibility index (Phi) is 6.03. The first-order chi connectivity index (χ1) is 10.2. The number of rotatable bonds is 7. The molecular weight excluding hydrogens is 310 g/mol. The summed E-state index contributed by atoms with van der Waals surface area (Å²) in [5.74, 6) is 0.438. The predicted octanol–water partition coefficient (Wildman–Crippen LogP) is 3.23.